The van der Waals surface area contributed by atoms with Crippen LogP contribution in [0.4, 0.5) is 8.78 Å². The highest BCUT2D eigenvalue weighted by atomic mass is 35.5. The van der Waals surface area contributed by atoms with Crippen molar-refractivity contribution in [2.45, 2.75) is 25.3 Å². The molecule has 0 saturated carbocycles. The summed E-state index contributed by atoms with van der Waals surface area (Å²) in [6.07, 6.45) is 0.0323. The minimum Gasteiger partial charge on any atom is -0.491 e. The van der Waals surface area contributed by atoms with Crippen molar-refractivity contribution in [2.24, 2.45) is 0 Å². The number of benzene rings is 2. The lowest BCUT2D eigenvalue weighted by Crippen LogP contribution is -2.06. The van der Waals surface area contributed by atoms with Crippen molar-refractivity contribution in [1.29, 1.82) is 0 Å². The molecule has 0 heterocycles. The molecule has 1 unspecified atom stereocenters. The second kappa shape index (κ2) is 6.23. The van der Waals surface area contributed by atoms with E-state index in [0.29, 0.717) is 11.3 Å². The number of hydrogen-bond acceptors (Lipinski definition) is 1. The Bertz CT molecular complexity index is 599. The fourth-order valence-electron chi connectivity index (χ4n) is 1.91. The lowest BCUT2D eigenvalue weighted by molar-refractivity contribution is 0.242. The normalized spacial score (nSPS) is 12.5. The average Bonchev–Trinajstić information content (AvgIpc) is 2.40. The topological polar surface area (TPSA) is 9.23 Å². The lowest BCUT2D eigenvalue weighted by Gasteiger charge is -2.14. The van der Waals surface area contributed by atoms with Gasteiger partial charge in [0.25, 0.3) is 0 Å². The van der Waals surface area contributed by atoms with E-state index in [1.165, 1.54) is 0 Å². The van der Waals surface area contributed by atoms with Crippen molar-refractivity contribution < 1.29 is 13.5 Å². The fourth-order valence-corrected chi connectivity index (χ4v) is 2.21. The number of hydrogen-bond donors (Lipinski definition) is 0. The molecule has 2 aromatic rings. The molecule has 0 radical (unpaired) electrons. The minimum absolute atomic E-state index is 0.0323. The summed E-state index contributed by atoms with van der Waals surface area (Å²) in [4.78, 5) is 0. The minimum atomic E-state index is -0.763. The molecule has 0 aliphatic carbocycles. The molecule has 0 aliphatic rings. The van der Waals surface area contributed by atoms with E-state index in [1.807, 2.05) is 13.8 Å². The Kier molecular flexibility index (Phi) is 4.61. The maximum Gasteiger partial charge on any atom is 0.128 e. The van der Waals surface area contributed by atoms with Gasteiger partial charge in [-0.15, -0.1) is 11.6 Å². The first-order valence-electron chi connectivity index (χ1n) is 6.33. The largest absolute Gasteiger partial charge is 0.491 e. The molecule has 2 rings (SSSR count). The zero-order valence-corrected chi connectivity index (χ0v) is 12.0. The predicted molar refractivity (Wildman–Crippen MR) is 76.3 cm³/mol. The van der Waals surface area contributed by atoms with Crippen molar-refractivity contribution in [3.8, 4) is 5.75 Å². The van der Waals surface area contributed by atoms with E-state index in [2.05, 4.69) is 0 Å². The standard InChI is InChI=1S/C16H15ClF2O/c1-10(2)20-13-5-3-4-11(8-13)16(17)14-9-12(18)6-7-15(14)19/h3-10,16H,1-2H3. The van der Waals surface area contributed by atoms with Crippen LogP contribution in [0.15, 0.2) is 42.5 Å². The third kappa shape index (κ3) is 3.48. The first-order chi connectivity index (χ1) is 9.47. The molecule has 4 heteroatoms. The van der Waals surface area contributed by atoms with Crippen molar-refractivity contribution in [2.75, 3.05) is 0 Å². The van der Waals surface area contributed by atoms with E-state index in [0.717, 1.165) is 18.2 Å². The molecule has 0 bridgehead atoms. The quantitative estimate of drug-likeness (QED) is 0.715. The highest BCUT2D eigenvalue weighted by Gasteiger charge is 2.17. The molecule has 0 saturated heterocycles. The molecule has 0 amide bonds. The SMILES string of the molecule is CC(C)Oc1cccc(C(Cl)c2cc(F)ccc2F)c1. The highest BCUT2D eigenvalue weighted by molar-refractivity contribution is 6.22. The summed E-state index contributed by atoms with van der Waals surface area (Å²) in [6, 6.07) is 10.3. The van der Waals surface area contributed by atoms with Gasteiger partial charge in [-0.3, -0.25) is 0 Å². The molecule has 0 aliphatic heterocycles. The smallest absolute Gasteiger partial charge is 0.128 e. The van der Waals surface area contributed by atoms with Gasteiger partial charge in [0.15, 0.2) is 0 Å². The van der Waals surface area contributed by atoms with Gasteiger partial charge in [0, 0.05) is 5.56 Å². The van der Waals surface area contributed by atoms with Crippen LogP contribution in [-0.2, 0) is 0 Å². The Morgan fingerprint density at radius 1 is 1.05 bits per heavy atom. The van der Waals surface area contributed by atoms with Gasteiger partial charge < -0.3 is 4.74 Å². The van der Waals surface area contributed by atoms with E-state index in [4.69, 9.17) is 16.3 Å². The van der Waals surface area contributed by atoms with Crippen molar-refractivity contribution in [1.82, 2.24) is 0 Å². The van der Waals surface area contributed by atoms with Crippen LogP contribution in [0.3, 0.4) is 0 Å². The van der Waals surface area contributed by atoms with Crippen molar-refractivity contribution in [3.05, 3.63) is 65.2 Å². The third-order valence-corrected chi connectivity index (χ3v) is 3.24. The number of halogens is 3. The lowest BCUT2D eigenvalue weighted by atomic mass is 10.0. The molecular weight excluding hydrogens is 282 g/mol. The van der Waals surface area contributed by atoms with E-state index < -0.39 is 17.0 Å². The van der Waals surface area contributed by atoms with E-state index >= 15 is 0 Å². The Labute approximate surface area is 122 Å². The van der Waals surface area contributed by atoms with E-state index in [-0.39, 0.29) is 11.7 Å². The van der Waals surface area contributed by atoms with Crippen LogP contribution in [0.1, 0.15) is 30.4 Å². The Hall–Kier alpha value is -1.61. The molecule has 0 fully saturated rings. The van der Waals surface area contributed by atoms with Gasteiger partial charge in [0.05, 0.1) is 11.5 Å². The van der Waals surface area contributed by atoms with Gasteiger partial charge in [-0.1, -0.05) is 12.1 Å². The van der Waals surface area contributed by atoms with Gasteiger partial charge >= 0.3 is 0 Å². The molecule has 106 valence electrons. The van der Waals surface area contributed by atoms with Crippen LogP contribution >= 0.6 is 11.6 Å². The number of ether oxygens (including phenoxy) is 1. The van der Waals surface area contributed by atoms with Crippen LogP contribution in [0.5, 0.6) is 5.75 Å². The first kappa shape index (κ1) is 14.8. The molecule has 1 atom stereocenters. The van der Waals surface area contributed by atoms with Crippen LogP contribution in [-0.4, -0.2) is 6.10 Å². The fraction of sp³-hybridized carbons (Fsp3) is 0.250. The second-order valence-corrected chi connectivity index (χ2v) is 5.20. The third-order valence-electron chi connectivity index (χ3n) is 2.75. The van der Waals surface area contributed by atoms with Crippen LogP contribution in [0, 0.1) is 11.6 Å². The molecule has 1 nitrogen and oxygen atoms in total. The van der Waals surface area contributed by atoms with E-state index in [9.17, 15) is 8.78 Å². The molecule has 0 aromatic heterocycles. The summed E-state index contributed by atoms with van der Waals surface area (Å²) in [5.41, 5.74) is 0.780. The summed E-state index contributed by atoms with van der Waals surface area (Å²) in [5, 5.41) is -0.763. The number of alkyl halides is 1. The Morgan fingerprint density at radius 3 is 2.50 bits per heavy atom. The molecule has 0 N–H and O–H groups in total. The summed E-state index contributed by atoms with van der Waals surface area (Å²) in [6.45, 7) is 3.83. The van der Waals surface area contributed by atoms with Gasteiger partial charge in [-0.05, 0) is 49.7 Å². The first-order valence-corrected chi connectivity index (χ1v) is 6.76. The van der Waals surface area contributed by atoms with Crippen molar-refractivity contribution in [3.63, 3.8) is 0 Å². The van der Waals surface area contributed by atoms with Crippen LogP contribution in [0.25, 0.3) is 0 Å². The average molecular weight is 297 g/mol. The zero-order chi connectivity index (χ0) is 14.7. The predicted octanol–water partition coefficient (Wildman–Crippen LogP) is 5.08. The summed E-state index contributed by atoms with van der Waals surface area (Å²) in [5.74, 6) is -0.386. The summed E-state index contributed by atoms with van der Waals surface area (Å²) in [7, 11) is 0. The summed E-state index contributed by atoms with van der Waals surface area (Å²) >= 11 is 6.26. The van der Waals surface area contributed by atoms with Crippen LogP contribution < -0.4 is 4.74 Å². The number of rotatable bonds is 4. The maximum absolute atomic E-state index is 13.7. The van der Waals surface area contributed by atoms with Gasteiger partial charge in [-0.2, -0.15) is 0 Å². The Balaban J connectivity index is 2.33. The molecule has 20 heavy (non-hydrogen) atoms. The highest BCUT2D eigenvalue weighted by Crippen LogP contribution is 2.32. The molecule has 0 spiro atoms. The Morgan fingerprint density at radius 2 is 1.80 bits per heavy atom. The van der Waals surface area contributed by atoms with Crippen LogP contribution in [0.2, 0.25) is 0 Å². The van der Waals surface area contributed by atoms with E-state index in [1.54, 1.807) is 24.3 Å². The van der Waals surface area contributed by atoms with Gasteiger partial charge in [0.1, 0.15) is 17.4 Å². The second-order valence-electron chi connectivity index (χ2n) is 4.77. The zero-order valence-electron chi connectivity index (χ0n) is 11.2. The van der Waals surface area contributed by atoms with Crippen molar-refractivity contribution >= 4 is 11.6 Å². The molecular formula is C16H15ClF2O. The van der Waals surface area contributed by atoms with Gasteiger partial charge in [0.2, 0.25) is 0 Å². The summed E-state index contributed by atoms with van der Waals surface area (Å²) < 4.78 is 32.5. The maximum atomic E-state index is 13.7. The van der Waals surface area contributed by atoms with Gasteiger partial charge in [-0.25, -0.2) is 8.78 Å². The molecule has 2 aromatic carbocycles. The monoisotopic (exact) mass is 296 g/mol.